The summed E-state index contributed by atoms with van der Waals surface area (Å²) in [6.45, 7) is 0.991. The minimum atomic E-state index is -0.0973. The fourth-order valence-electron chi connectivity index (χ4n) is 4.43. The van der Waals surface area contributed by atoms with E-state index in [1.54, 1.807) is 20.3 Å². The van der Waals surface area contributed by atoms with Crippen molar-refractivity contribution in [3.8, 4) is 11.5 Å². The highest BCUT2D eigenvalue weighted by Gasteiger charge is 2.48. The lowest BCUT2D eigenvalue weighted by atomic mass is 9.73. The van der Waals surface area contributed by atoms with Crippen molar-refractivity contribution < 1.29 is 14.3 Å². The van der Waals surface area contributed by atoms with E-state index in [1.807, 2.05) is 0 Å². The van der Waals surface area contributed by atoms with Gasteiger partial charge in [0.15, 0.2) is 17.3 Å². The zero-order chi connectivity index (χ0) is 15.3. The van der Waals surface area contributed by atoms with Crippen molar-refractivity contribution in [1.29, 1.82) is 0 Å². The molecule has 0 amide bonds. The first-order chi connectivity index (χ1) is 10.7. The van der Waals surface area contributed by atoms with Gasteiger partial charge in [0.1, 0.15) is 0 Å². The summed E-state index contributed by atoms with van der Waals surface area (Å²) in [6, 6.07) is 2.48. The Kier molecular flexibility index (Phi) is 3.05. The Labute approximate surface area is 130 Å². The fourth-order valence-corrected chi connectivity index (χ4v) is 4.43. The van der Waals surface area contributed by atoms with Gasteiger partial charge in [-0.15, -0.1) is 0 Å². The van der Waals surface area contributed by atoms with Crippen LogP contribution in [0.4, 0.5) is 0 Å². The van der Waals surface area contributed by atoms with Gasteiger partial charge >= 0.3 is 0 Å². The second-order valence-electron chi connectivity index (χ2n) is 6.48. The first kappa shape index (κ1) is 13.8. The highest BCUT2D eigenvalue weighted by Crippen LogP contribution is 2.57. The number of carbonyl (C=O) groups excluding carboxylic acids is 1. The third-order valence-corrected chi connectivity index (χ3v) is 5.40. The zero-order valence-electron chi connectivity index (χ0n) is 13.1. The van der Waals surface area contributed by atoms with Crippen LogP contribution < -0.4 is 14.8 Å². The van der Waals surface area contributed by atoms with Crippen molar-refractivity contribution in [1.82, 2.24) is 5.32 Å². The Morgan fingerprint density at radius 3 is 2.82 bits per heavy atom. The smallest absolute Gasteiger partial charge is 0.165 e. The Hall–Kier alpha value is -1.81. The molecule has 0 saturated heterocycles. The van der Waals surface area contributed by atoms with Gasteiger partial charge in [-0.2, -0.15) is 0 Å². The van der Waals surface area contributed by atoms with Gasteiger partial charge in [0, 0.05) is 23.4 Å². The van der Waals surface area contributed by atoms with E-state index in [9.17, 15) is 4.79 Å². The van der Waals surface area contributed by atoms with E-state index in [1.165, 1.54) is 16.7 Å². The second kappa shape index (κ2) is 4.85. The predicted molar refractivity (Wildman–Crippen MR) is 83.7 cm³/mol. The summed E-state index contributed by atoms with van der Waals surface area (Å²) in [5, 5.41) is 3.63. The summed E-state index contributed by atoms with van der Waals surface area (Å²) in [4.78, 5) is 11.7. The largest absolute Gasteiger partial charge is 0.493 e. The van der Waals surface area contributed by atoms with Crippen molar-refractivity contribution in [2.45, 2.75) is 37.1 Å². The van der Waals surface area contributed by atoms with Crippen LogP contribution in [0.15, 0.2) is 18.2 Å². The molecule has 4 nitrogen and oxygen atoms in total. The molecule has 0 aromatic heterocycles. The highest BCUT2D eigenvalue weighted by atomic mass is 16.5. The number of carbonyl (C=O) groups is 1. The third kappa shape index (κ3) is 1.76. The summed E-state index contributed by atoms with van der Waals surface area (Å²) in [6.07, 6.45) is 7.35. The molecule has 1 aliphatic heterocycles. The van der Waals surface area contributed by atoms with Gasteiger partial charge in [-0.25, -0.2) is 0 Å². The summed E-state index contributed by atoms with van der Waals surface area (Å²) in [7, 11) is 3.40. The molecular formula is C18H21NO3. The highest BCUT2D eigenvalue weighted by molar-refractivity contribution is 5.91. The minimum Gasteiger partial charge on any atom is -0.493 e. The van der Waals surface area contributed by atoms with Gasteiger partial charge in [0.05, 0.1) is 14.2 Å². The molecule has 1 spiro atoms. The van der Waals surface area contributed by atoms with Crippen molar-refractivity contribution in [2.24, 2.45) is 0 Å². The molecule has 1 aromatic rings. The Balaban J connectivity index is 1.99. The fraction of sp³-hybridized carbons (Fsp3) is 0.500. The number of nitrogens with one attached hydrogen (secondary N) is 1. The molecule has 0 bridgehead atoms. The van der Waals surface area contributed by atoms with Gasteiger partial charge in [-0.3, -0.25) is 4.79 Å². The predicted octanol–water partition coefficient (Wildman–Crippen LogP) is 2.45. The lowest BCUT2D eigenvalue weighted by Gasteiger charge is -2.31. The molecule has 0 radical (unpaired) electrons. The molecule has 4 heteroatoms. The molecule has 0 unspecified atom stereocenters. The van der Waals surface area contributed by atoms with Crippen molar-refractivity contribution in [2.75, 3.05) is 20.8 Å². The van der Waals surface area contributed by atoms with Gasteiger partial charge in [-0.1, -0.05) is 6.08 Å². The lowest BCUT2D eigenvalue weighted by Crippen LogP contribution is -2.29. The second-order valence-corrected chi connectivity index (χ2v) is 6.48. The Morgan fingerprint density at radius 2 is 2.14 bits per heavy atom. The van der Waals surface area contributed by atoms with E-state index in [0.717, 1.165) is 37.3 Å². The molecule has 0 saturated carbocycles. The van der Waals surface area contributed by atoms with E-state index in [0.29, 0.717) is 12.5 Å². The van der Waals surface area contributed by atoms with Crippen LogP contribution in [0.2, 0.25) is 0 Å². The van der Waals surface area contributed by atoms with Crippen LogP contribution in [-0.4, -0.2) is 26.5 Å². The van der Waals surface area contributed by atoms with Gasteiger partial charge in [0.25, 0.3) is 0 Å². The number of fused-ring (bicyclic) bond motifs is 1. The number of hydrogen-bond donors (Lipinski definition) is 1. The van der Waals surface area contributed by atoms with Crippen LogP contribution in [0.1, 0.15) is 42.0 Å². The first-order valence-corrected chi connectivity index (χ1v) is 7.92. The van der Waals surface area contributed by atoms with Gasteiger partial charge in [0.2, 0.25) is 0 Å². The maximum atomic E-state index is 11.7. The number of benzene rings is 1. The molecule has 3 aliphatic rings. The summed E-state index contributed by atoms with van der Waals surface area (Å²) < 4.78 is 11.3. The molecule has 1 heterocycles. The topological polar surface area (TPSA) is 47.6 Å². The van der Waals surface area contributed by atoms with Crippen LogP contribution in [0.25, 0.3) is 0 Å². The van der Waals surface area contributed by atoms with Crippen LogP contribution in [0.3, 0.4) is 0 Å². The molecule has 116 valence electrons. The number of allylic oxidation sites excluding steroid dienone is 2. The molecule has 1 aromatic carbocycles. The lowest BCUT2D eigenvalue weighted by molar-refractivity contribution is -0.115. The molecule has 1 N–H and O–H groups in total. The third-order valence-electron chi connectivity index (χ3n) is 5.40. The molecule has 2 atom stereocenters. The maximum absolute atomic E-state index is 11.7. The molecule has 0 fully saturated rings. The number of hydrogen-bond acceptors (Lipinski definition) is 4. The monoisotopic (exact) mass is 299 g/mol. The molecule has 4 rings (SSSR count). The zero-order valence-corrected chi connectivity index (χ0v) is 13.1. The Morgan fingerprint density at radius 1 is 1.27 bits per heavy atom. The summed E-state index contributed by atoms with van der Waals surface area (Å²) in [5.41, 5.74) is 3.88. The van der Waals surface area contributed by atoms with Gasteiger partial charge < -0.3 is 14.8 Å². The SMILES string of the molecule is COc1cc2c3c(c1OC)[C@@]1(C=CC(=O)CC1)C[C@@H]3NCC2. The average molecular weight is 299 g/mol. The first-order valence-electron chi connectivity index (χ1n) is 7.92. The van der Waals surface area contributed by atoms with Crippen LogP contribution in [-0.2, 0) is 16.6 Å². The average Bonchev–Trinajstić information content (AvgIpc) is 2.86. The standard InChI is InChI=1S/C18H21NO3/c1-21-14-9-11-5-8-19-13-10-18(6-3-12(20)4-7-18)16(15(11)13)17(14)22-2/h3,6,9,13,19H,4-5,7-8,10H2,1-2H3/t13-,18+/m0/s1. The van der Waals surface area contributed by atoms with Gasteiger partial charge in [-0.05, 0) is 49.1 Å². The Bertz CT molecular complexity index is 679. The van der Waals surface area contributed by atoms with E-state index in [-0.39, 0.29) is 11.2 Å². The van der Waals surface area contributed by atoms with Crippen molar-refractivity contribution >= 4 is 5.78 Å². The van der Waals surface area contributed by atoms with Crippen LogP contribution >= 0.6 is 0 Å². The van der Waals surface area contributed by atoms with Crippen molar-refractivity contribution in [3.05, 3.63) is 34.9 Å². The maximum Gasteiger partial charge on any atom is 0.165 e. The van der Waals surface area contributed by atoms with E-state index in [2.05, 4.69) is 17.5 Å². The van der Waals surface area contributed by atoms with E-state index >= 15 is 0 Å². The number of ketones is 1. The van der Waals surface area contributed by atoms with Crippen LogP contribution in [0, 0.1) is 0 Å². The number of ether oxygens (including phenoxy) is 2. The molecule has 22 heavy (non-hydrogen) atoms. The van der Waals surface area contributed by atoms with E-state index < -0.39 is 0 Å². The normalized spacial score (nSPS) is 28.8. The van der Waals surface area contributed by atoms with Crippen molar-refractivity contribution in [3.63, 3.8) is 0 Å². The molecule has 2 aliphatic carbocycles. The number of methoxy groups -OCH3 is 2. The quantitative estimate of drug-likeness (QED) is 0.911. The van der Waals surface area contributed by atoms with Crippen LogP contribution in [0.5, 0.6) is 11.5 Å². The van der Waals surface area contributed by atoms with E-state index in [4.69, 9.17) is 9.47 Å². The minimum absolute atomic E-state index is 0.0973. The summed E-state index contributed by atoms with van der Waals surface area (Å²) in [5.74, 6) is 1.87. The number of rotatable bonds is 2. The molecular weight excluding hydrogens is 278 g/mol. The summed E-state index contributed by atoms with van der Waals surface area (Å²) >= 11 is 0.